The van der Waals surface area contributed by atoms with E-state index >= 15 is 0 Å². The molecule has 5 rings (SSSR count). The predicted octanol–water partition coefficient (Wildman–Crippen LogP) is 6.12. The normalized spacial score (nSPS) is 17.0. The van der Waals surface area contributed by atoms with E-state index < -0.39 is 23.5 Å². The van der Waals surface area contributed by atoms with Gasteiger partial charge in [-0.05, 0) is 61.0 Å². The summed E-state index contributed by atoms with van der Waals surface area (Å²) in [7, 11) is 1.53. The Labute approximate surface area is 220 Å². The summed E-state index contributed by atoms with van der Waals surface area (Å²) in [5, 5.41) is 11.9. The fraction of sp³-hybridized carbons (Fsp3) is 0.148. The zero-order valence-corrected chi connectivity index (χ0v) is 21.3. The molecule has 0 bridgehead atoms. The van der Waals surface area contributed by atoms with Crippen molar-refractivity contribution in [2.75, 3.05) is 18.6 Å². The van der Waals surface area contributed by atoms with Gasteiger partial charge in [-0.25, -0.2) is 9.37 Å². The Morgan fingerprint density at radius 3 is 2.59 bits per heavy atom. The maximum absolute atomic E-state index is 13.8. The lowest BCUT2D eigenvalue weighted by atomic mass is 9.95. The number of hydrogen-bond acceptors (Lipinski definition) is 7. The number of rotatable bonds is 6. The number of aliphatic hydroxyl groups is 1. The quantitative estimate of drug-likeness (QED) is 0.181. The number of halogens is 2. The molecular formula is C27H20ClFN2O5S. The molecule has 0 aliphatic carbocycles. The van der Waals surface area contributed by atoms with Gasteiger partial charge in [-0.3, -0.25) is 14.5 Å². The number of Topliss-reactive ketones (excluding diaryl/α,β-unsaturated/α-hetero) is 1. The number of nitrogens with zero attached hydrogens (tertiary/aromatic N) is 2. The van der Waals surface area contributed by atoms with Crippen LogP contribution in [-0.4, -0.2) is 35.5 Å². The number of ether oxygens (including phenoxy) is 2. The largest absolute Gasteiger partial charge is 0.507 e. The van der Waals surface area contributed by atoms with Crippen molar-refractivity contribution in [1.29, 1.82) is 0 Å². The second-order valence-electron chi connectivity index (χ2n) is 8.13. The molecule has 7 nitrogen and oxygen atoms in total. The van der Waals surface area contributed by atoms with Gasteiger partial charge in [-0.2, -0.15) is 0 Å². The smallest absolute Gasteiger partial charge is 0.301 e. The van der Waals surface area contributed by atoms with E-state index in [1.807, 2.05) is 0 Å². The fourth-order valence-electron chi connectivity index (χ4n) is 4.19. The van der Waals surface area contributed by atoms with E-state index in [4.69, 9.17) is 21.1 Å². The van der Waals surface area contributed by atoms with Gasteiger partial charge >= 0.3 is 5.91 Å². The molecule has 3 aromatic carbocycles. The highest BCUT2D eigenvalue weighted by molar-refractivity contribution is 7.22. The van der Waals surface area contributed by atoms with Gasteiger partial charge in [0.1, 0.15) is 23.1 Å². The first-order valence-corrected chi connectivity index (χ1v) is 12.5. The van der Waals surface area contributed by atoms with Crippen LogP contribution in [0.1, 0.15) is 24.1 Å². The van der Waals surface area contributed by atoms with Gasteiger partial charge < -0.3 is 14.6 Å². The summed E-state index contributed by atoms with van der Waals surface area (Å²) in [6.07, 6.45) is 0. The van der Waals surface area contributed by atoms with Gasteiger partial charge in [0.15, 0.2) is 5.13 Å². The zero-order chi connectivity index (χ0) is 26.3. The predicted molar refractivity (Wildman–Crippen MR) is 140 cm³/mol. The summed E-state index contributed by atoms with van der Waals surface area (Å²) in [5.74, 6) is -1.65. The average Bonchev–Trinajstić information content (AvgIpc) is 3.42. The molecule has 1 saturated heterocycles. The Bertz CT molecular complexity index is 1570. The molecule has 1 N–H and O–H groups in total. The van der Waals surface area contributed by atoms with Crippen LogP contribution in [0.4, 0.5) is 9.52 Å². The van der Waals surface area contributed by atoms with Crippen molar-refractivity contribution >= 4 is 55.7 Å². The van der Waals surface area contributed by atoms with Crippen molar-refractivity contribution in [2.45, 2.75) is 13.0 Å². The number of carbonyl (C=O) groups is 2. The number of fused-ring (bicyclic) bond motifs is 1. The molecule has 1 aliphatic heterocycles. The molecule has 0 saturated carbocycles. The first-order valence-electron chi connectivity index (χ1n) is 11.3. The molecule has 1 unspecified atom stereocenters. The maximum atomic E-state index is 13.8. The third-order valence-electron chi connectivity index (χ3n) is 5.93. The van der Waals surface area contributed by atoms with E-state index in [9.17, 15) is 19.1 Å². The lowest BCUT2D eigenvalue weighted by Gasteiger charge is -2.23. The highest BCUT2D eigenvalue weighted by atomic mass is 35.5. The summed E-state index contributed by atoms with van der Waals surface area (Å²) < 4.78 is 25.1. The van der Waals surface area contributed by atoms with Gasteiger partial charge in [-0.15, -0.1) is 0 Å². The number of anilines is 1. The van der Waals surface area contributed by atoms with Crippen LogP contribution in [0.3, 0.4) is 0 Å². The topological polar surface area (TPSA) is 89.0 Å². The lowest BCUT2D eigenvalue weighted by molar-refractivity contribution is -0.132. The molecule has 10 heteroatoms. The van der Waals surface area contributed by atoms with E-state index in [2.05, 4.69) is 4.98 Å². The summed E-state index contributed by atoms with van der Waals surface area (Å²) in [5.41, 5.74) is 1.17. The molecule has 1 aliphatic rings. The molecule has 1 atom stereocenters. The van der Waals surface area contributed by atoms with Gasteiger partial charge in [0.05, 0.1) is 40.6 Å². The fourth-order valence-corrected chi connectivity index (χ4v) is 5.38. The third kappa shape index (κ3) is 4.41. The number of hydrogen-bond donors (Lipinski definition) is 1. The molecule has 1 amide bonds. The highest BCUT2D eigenvalue weighted by Gasteiger charge is 2.48. The molecule has 188 valence electrons. The number of benzene rings is 3. The SMILES string of the molecule is CCOc1cc(/C(O)=C2\C(=O)C(=O)N(c3nc4ccc(F)cc4s3)C2c2ccc(OC)cc2)ccc1Cl. The zero-order valence-electron chi connectivity index (χ0n) is 19.7. The number of ketones is 1. The van der Waals surface area contributed by atoms with Crippen molar-refractivity contribution in [3.63, 3.8) is 0 Å². The summed E-state index contributed by atoms with van der Waals surface area (Å²) >= 11 is 7.28. The second kappa shape index (κ2) is 9.84. The first-order chi connectivity index (χ1) is 17.8. The number of thiazole rings is 1. The van der Waals surface area contributed by atoms with Crippen molar-refractivity contribution in [1.82, 2.24) is 4.98 Å². The van der Waals surface area contributed by atoms with Crippen molar-refractivity contribution in [2.24, 2.45) is 0 Å². The lowest BCUT2D eigenvalue weighted by Crippen LogP contribution is -2.29. The maximum Gasteiger partial charge on any atom is 0.301 e. The van der Waals surface area contributed by atoms with Gasteiger partial charge in [0.25, 0.3) is 5.78 Å². The molecule has 1 fully saturated rings. The van der Waals surface area contributed by atoms with E-state index in [0.717, 1.165) is 11.3 Å². The number of amides is 1. The van der Waals surface area contributed by atoms with Crippen LogP contribution in [0.5, 0.6) is 11.5 Å². The first kappa shape index (κ1) is 24.7. The molecular weight excluding hydrogens is 519 g/mol. The Morgan fingerprint density at radius 2 is 1.89 bits per heavy atom. The van der Waals surface area contributed by atoms with E-state index in [0.29, 0.717) is 38.9 Å². The molecule has 37 heavy (non-hydrogen) atoms. The second-order valence-corrected chi connectivity index (χ2v) is 9.55. The van der Waals surface area contributed by atoms with Gasteiger partial charge in [0, 0.05) is 5.56 Å². The minimum absolute atomic E-state index is 0.120. The Kier molecular flexibility index (Phi) is 6.57. The number of carbonyl (C=O) groups excluding carboxylic acids is 2. The average molecular weight is 539 g/mol. The molecule has 1 aromatic heterocycles. The van der Waals surface area contributed by atoms with Crippen LogP contribution in [-0.2, 0) is 9.59 Å². The molecule has 0 radical (unpaired) electrons. The monoisotopic (exact) mass is 538 g/mol. The Hall–Kier alpha value is -3.95. The Morgan fingerprint density at radius 1 is 1.14 bits per heavy atom. The van der Waals surface area contributed by atoms with Crippen LogP contribution in [0.25, 0.3) is 16.0 Å². The van der Waals surface area contributed by atoms with E-state index in [1.165, 1.54) is 36.3 Å². The number of methoxy groups -OCH3 is 1. The summed E-state index contributed by atoms with van der Waals surface area (Å²) in [6, 6.07) is 14.5. The standard InChI is InChI=1S/C27H20ClFN2O5S/c1-3-36-20-12-15(6-10-18(20)28)24(32)22-23(14-4-8-17(35-2)9-5-14)31(26(34)25(22)33)27-30-19-11-7-16(29)13-21(19)37-27/h4-13,23,32H,3H2,1-2H3/b24-22+. The summed E-state index contributed by atoms with van der Waals surface area (Å²) in [4.78, 5) is 32.5. The van der Waals surface area contributed by atoms with Gasteiger partial charge in [0.2, 0.25) is 0 Å². The third-order valence-corrected chi connectivity index (χ3v) is 7.26. The van der Waals surface area contributed by atoms with Crippen molar-refractivity contribution in [3.05, 3.63) is 88.2 Å². The van der Waals surface area contributed by atoms with Crippen LogP contribution in [0, 0.1) is 5.82 Å². The molecule has 0 spiro atoms. The van der Waals surface area contributed by atoms with Crippen LogP contribution >= 0.6 is 22.9 Å². The Balaban J connectivity index is 1.71. The van der Waals surface area contributed by atoms with Crippen LogP contribution < -0.4 is 14.4 Å². The number of aliphatic hydroxyl groups excluding tert-OH is 1. The molecule has 4 aromatic rings. The van der Waals surface area contributed by atoms with E-state index in [-0.39, 0.29) is 22.0 Å². The van der Waals surface area contributed by atoms with Crippen LogP contribution in [0.2, 0.25) is 5.02 Å². The minimum atomic E-state index is -0.998. The van der Waals surface area contributed by atoms with Crippen molar-refractivity contribution < 1.29 is 28.6 Å². The van der Waals surface area contributed by atoms with E-state index in [1.54, 1.807) is 43.3 Å². The van der Waals surface area contributed by atoms with Crippen LogP contribution in [0.15, 0.2) is 66.2 Å². The number of aromatic nitrogens is 1. The summed E-state index contributed by atoms with van der Waals surface area (Å²) in [6.45, 7) is 2.14. The van der Waals surface area contributed by atoms with Crippen molar-refractivity contribution in [3.8, 4) is 11.5 Å². The minimum Gasteiger partial charge on any atom is -0.507 e. The van der Waals surface area contributed by atoms with Gasteiger partial charge in [-0.1, -0.05) is 35.1 Å². The highest BCUT2D eigenvalue weighted by Crippen LogP contribution is 2.45. The molecule has 2 heterocycles.